The summed E-state index contributed by atoms with van der Waals surface area (Å²) in [5.41, 5.74) is 0. The molecule has 1 aromatic carbocycles. The Bertz CT molecular complexity index is 1120. The van der Waals surface area contributed by atoms with Gasteiger partial charge in [0.2, 0.25) is 10.0 Å². The van der Waals surface area contributed by atoms with Crippen molar-refractivity contribution in [3.63, 3.8) is 0 Å². The van der Waals surface area contributed by atoms with Gasteiger partial charge in [-0.25, -0.2) is 8.42 Å². The highest BCUT2D eigenvalue weighted by Crippen LogP contribution is 2.32. The molecule has 0 bridgehead atoms. The molecule has 0 atom stereocenters. The third-order valence-corrected chi connectivity index (χ3v) is 7.69. The van der Waals surface area contributed by atoms with Crippen LogP contribution in [-0.2, 0) is 23.1 Å². The zero-order chi connectivity index (χ0) is 19.1. The van der Waals surface area contributed by atoms with Gasteiger partial charge in [-0.05, 0) is 25.0 Å². The fourth-order valence-electron chi connectivity index (χ4n) is 4.23. The standard InChI is InChI=1S/C19H22N6O2S.ClH/c26-28(27,17-3-1-2-15-12-20-7-4-16(15)17)24-9-5-14(6-10-24)19-23-22-18-13-21-8-11-25(18)19;/h1-4,7,12,14,21H,5-6,8-11,13H2;1H. The number of pyridine rings is 1. The molecule has 0 unspecified atom stereocenters. The van der Waals surface area contributed by atoms with Crippen LogP contribution in [0, 0.1) is 0 Å². The van der Waals surface area contributed by atoms with Gasteiger partial charge in [-0.2, -0.15) is 4.31 Å². The summed E-state index contributed by atoms with van der Waals surface area (Å²) in [6.45, 7) is 3.53. The maximum Gasteiger partial charge on any atom is 0.243 e. The monoisotopic (exact) mass is 434 g/mol. The molecule has 8 nitrogen and oxygen atoms in total. The molecule has 1 N–H and O–H groups in total. The first kappa shape index (κ1) is 20.2. The summed E-state index contributed by atoms with van der Waals surface area (Å²) in [5.74, 6) is 2.23. The number of nitrogens with zero attached hydrogens (tertiary/aromatic N) is 5. The van der Waals surface area contributed by atoms with E-state index in [2.05, 4.69) is 25.1 Å². The highest BCUT2D eigenvalue weighted by atomic mass is 35.5. The second kappa shape index (κ2) is 7.98. The number of aromatic nitrogens is 4. The number of sulfonamides is 1. The number of piperidine rings is 1. The second-order valence-electron chi connectivity index (χ2n) is 7.33. The molecule has 2 aliphatic heterocycles. The van der Waals surface area contributed by atoms with E-state index in [4.69, 9.17) is 0 Å². The summed E-state index contributed by atoms with van der Waals surface area (Å²) in [4.78, 5) is 4.45. The fourth-order valence-corrected chi connectivity index (χ4v) is 5.91. The van der Waals surface area contributed by atoms with Gasteiger partial charge in [-0.1, -0.05) is 12.1 Å². The Morgan fingerprint density at radius 2 is 1.90 bits per heavy atom. The molecule has 1 fully saturated rings. The molecule has 5 rings (SSSR count). The van der Waals surface area contributed by atoms with Gasteiger partial charge in [-0.15, -0.1) is 22.6 Å². The van der Waals surface area contributed by atoms with E-state index in [0.29, 0.717) is 18.0 Å². The van der Waals surface area contributed by atoms with Crippen LogP contribution < -0.4 is 5.32 Å². The minimum atomic E-state index is -3.55. The first-order chi connectivity index (χ1) is 13.6. The van der Waals surface area contributed by atoms with Crippen molar-refractivity contribution in [3.8, 4) is 0 Å². The highest BCUT2D eigenvalue weighted by Gasteiger charge is 2.33. The topological polar surface area (TPSA) is 93.0 Å². The Morgan fingerprint density at radius 3 is 2.72 bits per heavy atom. The lowest BCUT2D eigenvalue weighted by Crippen LogP contribution is -2.39. The molecule has 4 heterocycles. The second-order valence-corrected chi connectivity index (χ2v) is 9.24. The van der Waals surface area contributed by atoms with E-state index in [1.165, 1.54) is 0 Å². The summed E-state index contributed by atoms with van der Waals surface area (Å²) in [6, 6.07) is 7.12. The number of nitrogens with one attached hydrogen (secondary N) is 1. The van der Waals surface area contributed by atoms with E-state index in [-0.39, 0.29) is 18.3 Å². The lowest BCUT2D eigenvalue weighted by Gasteiger charge is -2.31. The Hall–Kier alpha value is -2.07. The zero-order valence-electron chi connectivity index (χ0n) is 15.9. The van der Waals surface area contributed by atoms with Crippen LogP contribution >= 0.6 is 12.4 Å². The van der Waals surface area contributed by atoms with Gasteiger partial charge in [0.25, 0.3) is 0 Å². The molecular formula is C19H23ClN6O2S. The van der Waals surface area contributed by atoms with E-state index in [9.17, 15) is 8.42 Å². The molecule has 29 heavy (non-hydrogen) atoms. The van der Waals surface area contributed by atoms with Gasteiger partial charge in [0.05, 0.1) is 11.4 Å². The molecule has 0 saturated carbocycles. The summed E-state index contributed by atoms with van der Waals surface area (Å²) < 4.78 is 30.4. The Morgan fingerprint density at radius 1 is 1.07 bits per heavy atom. The van der Waals surface area contributed by atoms with Crippen LogP contribution in [0.3, 0.4) is 0 Å². The minimum Gasteiger partial charge on any atom is -0.312 e. The Balaban J connectivity index is 0.00000205. The first-order valence-corrected chi connectivity index (χ1v) is 11.0. The van der Waals surface area contributed by atoms with Gasteiger partial charge < -0.3 is 9.88 Å². The average Bonchev–Trinajstić information content (AvgIpc) is 3.17. The van der Waals surface area contributed by atoms with E-state index in [0.717, 1.165) is 54.9 Å². The van der Waals surface area contributed by atoms with Gasteiger partial charge in [0.15, 0.2) is 0 Å². The average molecular weight is 435 g/mol. The number of fused-ring (bicyclic) bond motifs is 2. The van der Waals surface area contributed by atoms with Crippen LogP contribution in [0.1, 0.15) is 30.4 Å². The smallest absolute Gasteiger partial charge is 0.243 e. The predicted octanol–water partition coefficient (Wildman–Crippen LogP) is 1.92. The molecule has 2 aromatic heterocycles. The fraction of sp³-hybridized carbons (Fsp3) is 0.421. The van der Waals surface area contributed by atoms with Crippen molar-refractivity contribution in [1.29, 1.82) is 0 Å². The normalized spacial score (nSPS) is 18.3. The Labute approximate surface area is 175 Å². The SMILES string of the molecule is Cl.O=S(=O)(c1cccc2cnccc12)N1CCC(c2nnc3n2CCNC3)CC1. The van der Waals surface area contributed by atoms with E-state index in [1.54, 1.807) is 34.9 Å². The molecule has 1 saturated heterocycles. The van der Waals surface area contributed by atoms with Gasteiger partial charge in [0, 0.05) is 55.3 Å². The quantitative estimate of drug-likeness (QED) is 0.677. The van der Waals surface area contributed by atoms with E-state index in [1.807, 2.05) is 6.07 Å². The summed E-state index contributed by atoms with van der Waals surface area (Å²) in [5, 5.41) is 13.6. The first-order valence-electron chi connectivity index (χ1n) is 9.60. The lowest BCUT2D eigenvalue weighted by atomic mass is 9.97. The molecule has 154 valence electrons. The molecule has 0 radical (unpaired) electrons. The van der Waals surface area contributed by atoms with Crippen molar-refractivity contribution in [2.24, 2.45) is 0 Å². The van der Waals surface area contributed by atoms with Crippen LogP contribution in [-0.4, -0.2) is 52.1 Å². The third kappa shape index (κ3) is 3.52. The maximum absolute atomic E-state index is 13.3. The van der Waals surface area contributed by atoms with Crippen LogP contribution in [0.2, 0.25) is 0 Å². The van der Waals surface area contributed by atoms with E-state index >= 15 is 0 Å². The van der Waals surface area contributed by atoms with Crippen molar-refractivity contribution in [2.45, 2.75) is 36.7 Å². The van der Waals surface area contributed by atoms with Crippen molar-refractivity contribution in [3.05, 3.63) is 48.3 Å². The molecule has 2 aliphatic rings. The van der Waals surface area contributed by atoms with Crippen LogP contribution in [0.15, 0.2) is 41.6 Å². The molecule has 0 amide bonds. The number of rotatable bonds is 3. The molecule has 3 aromatic rings. The summed E-state index contributed by atoms with van der Waals surface area (Å²) in [6.07, 6.45) is 4.86. The van der Waals surface area contributed by atoms with Crippen molar-refractivity contribution in [2.75, 3.05) is 19.6 Å². The highest BCUT2D eigenvalue weighted by molar-refractivity contribution is 7.89. The van der Waals surface area contributed by atoms with Crippen LogP contribution in [0.25, 0.3) is 10.8 Å². The third-order valence-electron chi connectivity index (χ3n) is 5.73. The van der Waals surface area contributed by atoms with Crippen molar-refractivity contribution in [1.82, 2.24) is 29.4 Å². The summed E-state index contributed by atoms with van der Waals surface area (Å²) >= 11 is 0. The number of hydrogen-bond donors (Lipinski definition) is 1. The van der Waals surface area contributed by atoms with Crippen LogP contribution in [0.5, 0.6) is 0 Å². The predicted molar refractivity (Wildman–Crippen MR) is 111 cm³/mol. The molecular weight excluding hydrogens is 412 g/mol. The minimum absolute atomic E-state index is 0. The van der Waals surface area contributed by atoms with Crippen molar-refractivity contribution >= 4 is 33.2 Å². The van der Waals surface area contributed by atoms with Gasteiger partial charge in [-0.3, -0.25) is 4.98 Å². The zero-order valence-corrected chi connectivity index (χ0v) is 17.5. The van der Waals surface area contributed by atoms with Gasteiger partial charge in [0.1, 0.15) is 11.6 Å². The Kier molecular flexibility index (Phi) is 5.56. The van der Waals surface area contributed by atoms with E-state index < -0.39 is 10.0 Å². The number of hydrogen-bond acceptors (Lipinski definition) is 6. The largest absolute Gasteiger partial charge is 0.312 e. The molecule has 0 spiro atoms. The summed E-state index contributed by atoms with van der Waals surface area (Å²) in [7, 11) is -3.55. The number of benzene rings is 1. The lowest BCUT2D eigenvalue weighted by molar-refractivity contribution is 0.307. The molecule has 10 heteroatoms. The van der Waals surface area contributed by atoms with Crippen molar-refractivity contribution < 1.29 is 8.42 Å². The van der Waals surface area contributed by atoms with Gasteiger partial charge >= 0.3 is 0 Å². The number of halogens is 1. The molecule has 0 aliphatic carbocycles. The van der Waals surface area contributed by atoms with Crippen LogP contribution in [0.4, 0.5) is 0 Å². The maximum atomic E-state index is 13.3.